The molecule has 2 aromatic rings. The molecule has 3 heterocycles. The fourth-order valence-corrected chi connectivity index (χ4v) is 3.81. The summed E-state index contributed by atoms with van der Waals surface area (Å²) in [6.45, 7) is 1.40. The number of aromatic nitrogens is 2. The fraction of sp³-hybridized carbons (Fsp3) is 0.471. The van der Waals surface area contributed by atoms with Crippen LogP contribution in [-0.4, -0.2) is 22.9 Å². The molecule has 0 aliphatic carbocycles. The third-order valence-corrected chi connectivity index (χ3v) is 4.92. The number of halogens is 4. The minimum absolute atomic E-state index is 0.149. The van der Waals surface area contributed by atoms with E-state index in [4.69, 9.17) is 0 Å². The van der Waals surface area contributed by atoms with Crippen LogP contribution in [0.25, 0.3) is 5.69 Å². The van der Waals surface area contributed by atoms with E-state index in [1.165, 1.54) is 22.9 Å². The molecule has 1 aromatic heterocycles. The van der Waals surface area contributed by atoms with Gasteiger partial charge < -0.3 is 5.32 Å². The van der Waals surface area contributed by atoms with Crippen LogP contribution >= 0.6 is 0 Å². The highest BCUT2D eigenvalue weighted by Crippen LogP contribution is 2.42. The van der Waals surface area contributed by atoms with Crippen molar-refractivity contribution in [1.29, 1.82) is 0 Å². The van der Waals surface area contributed by atoms with Crippen molar-refractivity contribution in [2.24, 2.45) is 0 Å². The molecular weight excluding hydrogens is 322 g/mol. The Morgan fingerprint density at radius 1 is 1.12 bits per heavy atom. The van der Waals surface area contributed by atoms with Crippen molar-refractivity contribution in [3.05, 3.63) is 46.5 Å². The number of benzene rings is 1. The molecule has 0 radical (unpaired) electrons. The molecule has 2 aliphatic heterocycles. The number of rotatable bonds is 1. The first-order chi connectivity index (χ1) is 11.4. The predicted octanol–water partition coefficient (Wildman–Crippen LogP) is 3.60. The zero-order valence-electron chi connectivity index (χ0n) is 13.0. The fourth-order valence-electron chi connectivity index (χ4n) is 3.81. The summed E-state index contributed by atoms with van der Waals surface area (Å²) < 4.78 is 56.0. The summed E-state index contributed by atoms with van der Waals surface area (Å²) in [6.07, 6.45) is -2.51. The minimum atomic E-state index is -4.43. The molecule has 1 saturated heterocycles. The molecule has 0 bridgehead atoms. The second-order valence-corrected chi connectivity index (χ2v) is 6.41. The van der Waals surface area contributed by atoms with Gasteiger partial charge in [-0.15, -0.1) is 0 Å². The van der Waals surface area contributed by atoms with Gasteiger partial charge in [0.25, 0.3) is 0 Å². The van der Waals surface area contributed by atoms with Crippen LogP contribution in [-0.2, 0) is 19.0 Å². The highest BCUT2D eigenvalue weighted by atomic mass is 19.4. The zero-order valence-corrected chi connectivity index (χ0v) is 13.0. The number of nitrogens with zero attached hydrogens (tertiary/aromatic N) is 2. The number of hydrogen-bond acceptors (Lipinski definition) is 2. The Morgan fingerprint density at radius 2 is 1.88 bits per heavy atom. The van der Waals surface area contributed by atoms with Gasteiger partial charge in [-0.2, -0.15) is 18.3 Å². The summed E-state index contributed by atoms with van der Waals surface area (Å²) >= 11 is 0. The Labute approximate surface area is 136 Å². The summed E-state index contributed by atoms with van der Waals surface area (Å²) in [6, 6.07) is 4.18. The first-order valence-corrected chi connectivity index (χ1v) is 8.13. The Kier molecular flexibility index (Phi) is 3.63. The van der Waals surface area contributed by atoms with Gasteiger partial charge in [0.2, 0.25) is 0 Å². The van der Waals surface area contributed by atoms with E-state index in [9.17, 15) is 17.6 Å². The van der Waals surface area contributed by atoms with Crippen molar-refractivity contribution in [3.63, 3.8) is 0 Å². The summed E-state index contributed by atoms with van der Waals surface area (Å²) in [5.41, 5.74) is 1.04. The molecule has 0 amide bonds. The number of aryl methyl sites for hydroxylation is 1. The van der Waals surface area contributed by atoms with Gasteiger partial charge in [0.15, 0.2) is 0 Å². The van der Waals surface area contributed by atoms with Gasteiger partial charge in [0, 0.05) is 5.92 Å². The minimum Gasteiger partial charge on any atom is -0.317 e. The van der Waals surface area contributed by atoms with Crippen LogP contribution < -0.4 is 5.32 Å². The summed E-state index contributed by atoms with van der Waals surface area (Å²) in [5.74, 6) is -0.566. The van der Waals surface area contributed by atoms with Gasteiger partial charge in [-0.05, 0) is 62.5 Å². The van der Waals surface area contributed by atoms with Gasteiger partial charge >= 0.3 is 6.18 Å². The van der Waals surface area contributed by atoms with E-state index in [1.807, 2.05) is 0 Å². The number of hydrogen-bond donors (Lipinski definition) is 1. The summed E-state index contributed by atoms with van der Waals surface area (Å²) in [4.78, 5) is 0. The molecule has 0 spiro atoms. The standard InChI is InChI=1S/C17H17F4N3/c18-12-2-4-13-11(9-12)1-3-14-15(17(19,20)21)16(23-24(13)14)10-5-7-22-8-6-10/h2,4,9-10,22H,1,3,5-8H2. The molecule has 2 aliphatic rings. The lowest BCUT2D eigenvalue weighted by Crippen LogP contribution is -2.28. The van der Waals surface area contributed by atoms with Crippen LogP contribution in [0.1, 0.15) is 41.3 Å². The second-order valence-electron chi connectivity index (χ2n) is 6.41. The van der Waals surface area contributed by atoms with Gasteiger partial charge in [-0.3, -0.25) is 0 Å². The Balaban J connectivity index is 1.89. The molecule has 0 atom stereocenters. The molecule has 1 fully saturated rings. The molecule has 1 aromatic carbocycles. The molecule has 3 nitrogen and oxygen atoms in total. The normalized spacial score (nSPS) is 18.3. The van der Waals surface area contributed by atoms with Crippen molar-refractivity contribution in [2.75, 3.05) is 13.1 Å². The topological polar surface area (TPSA) is 29.9 Å². The molecule has 1 N–H and O–H groups in total. The Morgan fingerprint density at radius 3 is 2.58 bits per heavy atom. The molecule has 4 rings (SSSR count). The highest BCUT2D eigenvalue weighted by molar-refractivity contribution is 5.49. The lowest BCUT2D eigenvalue weighted by atomic mass is 9.90. The molecular formula is C17H17F4N3. The van der Waals surface area contributed by atoms with Crippen LogP contribution in [0.2, 0.25) is 0 Å². The first kappa shape index (κ1) is 15.6. The van der Waals surface area contributed by atoms with Crippen molar-refractivity contribution in [3.8, 4) is 5.69 Å². The summed E-state index contributed by atoms with van der Waals surface area (Å²) in [7, 11) is 0. The Bertz CT molecular complexity index is 773. The monoisotopic (exact) mass is 339 g/mol. The van der Waals surface area contributed by atoms with Gasteiger partial charge in [0.05, 0.1) is 17.1 Å². The molecule has 24 heavy (non-hydrogen) atoms. The van der Waals surface area contributed by atoms with Gasteiger partial charge in [-0.25, -0.2) is 9.07 Å². The van der Waals surface area contributed by atoms with Crippen molar-refractivity contribution >= 4 is 0 Å². The molecule has 0 unspecified atom stereocenters. The van der Waals surface area contributed by atoms with Crippen LogP contribution in [0, 0.1) is 5.82 Å². The molecule has 7 heteroatoms. The molecule has 128 valence electrons. The molecule has 0 saturated carbocycles. The predicted molar refractivity (Wildman–Crippen MR) is 80.8 cm³/mol. The lowest BCUT2D eigenvalue weighted by molar-refractivity contribution is -0.139. The highest BCUT2D eigenvalue weighted by Gasteiger charge is 2.43. The first-order valence-electron chi connectivity index (χ1n) is 8.13. The van der Waals surface area contributed by atoms with Gasteiger partial charge in [-0.1, -0.05) is 0 Å². The largest absolute Gasteiger partial charge is 0.419 e. The number of piperidine rings is 1. The van der Waals surface area contributed by atoms with Crippen LogP contribution in [0.5, 0.6) is 0 Å². The van der Waals surface area contributed by atoms with Crippen LogP contribution in [0.3, 0.4) is 0 Å². The van der Waals surface area contributed by atoms with E-state index < -0.39 is 11.7 Å². The van der Waals surface area contributed by atoms with E-state index in [-0.39, 0.29) is 29.5 Å². The maximum atomic E-state index is 13.7. The van der Waals surface area contributed by atoms with Crippen molar-refractivity contribution in [1.82, 2.24) is 15.1 Å². The smallest absolute Gasteiger partial charge is 0.317 e. The number of fused-ring (bicyclic) bond motifs is 3. The third-order valence-electron chi connectivity index (χ3n) is 4.92. The van der Waals surface area contributed by atoms with Crippen molar-refractivity contribution in [2.45, 2.75) is 37.8 Å². The van der Waals surface area contributed by atoms with E-state index >= 15 is 0 Å². The quantitative estimate of drug-likeness (QED) is 0.805. The second kappa shape index (κ2) is 5.58. The van der Waals surface area contributed by atoms with Gasteiger partial charge in [0.1, 0.15) is 11.4 Å². The number of nitrogens with one attached hydrogen (secondary N) is 1. The van der Waals surface area contributed by atoms with Crippen molar-refractivity contribution < 1.29 is 17.6 Å². The van der Waals surface area contributed by atoms with E-state index in [2.05, 4.69) is 10.4 Å². The van der Waals surface area contributed by atoms with E-state index in [0.717, 1.165) is 0 Å². The maximum Gasteiger partial charge on any atom is 0.419 e. The Hall–Kier alpha value is -1.89. The lowest BCUT2D eigenvalue weighted by Gasteiger charge is -2.22. The maximum absolute atomic E-state index is 13.7. The third kappa shape index (κ3) is 2.51. The average molecular weight is 339 g/mol. The summed E-state index contributed by atoms with van der Waals surface area (Å²) in [5, 5.41) is 7.53. The zero-order chi connectivity index (χ0) is 16.9. The van der Waals surface area contributed by atoms with Crippen LogP contribution in [0.15, 0.2) is 18.2 Å². The van der Waals surface area contributed by atoms with E-state index in [0.29, 0.717) is 43.6 Å². The average Bonchev–Trinajstić information content (AvgIpc) is 2.95. The number of alkyl halides is 3. The van der Waals surface area contributed by atoms with Crippen LogP contribution in [0.4, 0.5) is 17.6 Å². The SMILES string of the molecule is Fc1ccc2c(c1)CCc1c(C(F)(F)F)c(C3CCNCC3)nn1-2. The van der Waals surface area contributed by atoms with E-state index in [1.54, 1.807) is 0 Å².